The van der Waals surface area contributed by atoms with Crippen molar-refractivity contribution in [2.24, 2.45) is 11.3 Å². The van der Waals surface area contributed by atoms with Crippen molar-refractivity contribution in [2.45, 2.75) is 46.1 Å². The topological polar surface area (TPSA) is 62.3 Å². The van der Waals surface area contributed by atoms with Gasteiger partial charge in [-0.05, 0) is 38.0 Å². The Morgan fingerprint density at radius 2 is 2.12 bits per heavy atom. The standard InChI is InChI=1S/C20H22FN3O2/c1-11-8-12(6-7-22-11)18(25)23-16-10-17-14(9-15(16)21)20(2,3)19(26)24(17)13-4-5-13/h6-8,10,13-14H,4-5,9H2,1-3H3,(H,23,25). The average molecular weight is 355 g/mol. The molecule has 0 radical (unpaired) electrons. The Bertz CT molecular complexity index is 868. The molecule has 0 bridgehead atoms. The maximum Gasteiger partial charge on any atom is 0.255 e. The second-order valence-corrected chi connectivity index (χ2v) is 7.91. The quantitative estimate of drug-likeness (QED) is 0.905. The number of carbonyl (C=O) groups is 2. The molecule has 1 saturated carbocycles. The van der Waals surface area contributed by atoms with Crippen molar-refractivity contribution in [3.63, 3.8) is 0 Å². The molecule has 1 saturated heterocycles. The lowest BCUT2D eigenvalue weighted by Crippen LogP contribution is -2.32. The summed E-state index contributed by atoms with van der Waals surface area (Å²) in [5.74, 6) is -0.880. The fraction of sp³-hybridized carbons (Fsp3) is 0.450. The molecule has 1 atom stereocenters. The SMILES string of the molecule is Cc1cc(C(=O)NC2=C(F)CC3C(=C2)N(C2CC2)C(=O)C3(C)C)ccn1. The van der Waals surface area contributed by atoms with Crippen LogP contribution in [0.3, 0.4) is 0 Å². The summed E-state index contributed by atoms with van der Waals surface area (Å²) in [7, 11) is 0. The third-order valence-electron chi connectivity index (χ3n) is 5.56. The maximum atomic E-state index is 14.7. The zero-order chi connectivity index (χ0) is 18.6. The third kappa shape index (κ3) is 2.64. The number of rotatable bonds is 3. The molecule has 5 nitrogen and oxygen atoms in total. The lowest BCUT2D eigenvalue weighted by molar-refractivity contribution is -0.135. The number of hydrogen-bond donors (Lipinski definition) is 1. The second-order valence-electron chi connectivity index (χ2n) is 7.91. The summed E-state index contributed by atoms with van der Waals surface area (Å²) in [4.78, 5) is 31.2. The molecule has 1 unspecified atom stereocenters. The Hall–Kier alpha value is -2.50. The zero-order valence-corrected chi connectivity index (χ0v) is 15.2. The van der Waals surface area contributed by atoms with Gasteiger partial charge in [-0.2, -0.15) is 0 Å². The highest BCUT2D eigenvalue weighted by Gasteiger charge is 2.55. The number of aryl methyl sites for hydroxylation is 1. The van der Waals surface area contributed by atoms with E-state index in [4.69, 9.17) is 0 Å². The molecule has 1 aromatic rings. The number of likely N-dealkylation sites (tertiary alicyclic amines) is 1. The molecule has 3 aliphatic rings. The van der Waals surface area contributed by atoms with Crippen LogP contribution in [0.15, 0.2) is 41.6 Å². The molecule has 2 fully saturated rings. The van der Waals surface area contributed by atoms with Gasteiger partial charge in [0.05, 0.1) is 11.1 Å². The van der Waals surface area contributed by atoms with Gasteiger partial charge in [0.25, 0.3) is 5.91 Å². The number of amides is 2. The van der Waals surface area contributed by atoms with E-state index in [0.717, 1.165) is 24.2 Å². The van der Waals surface area contributed by atoms with Crippen molar-refractivity contribution in [3.8, 4) is 0 Å². The van der Waals surface area contributed by atoms with Crippen LogP contribution in [-0.2, 0) is 4.79 Å². The van der Waals surface area contributed by atoms with Crippen LogP contribution < -0.4 is 5.32 Å². The molecule has 0 aromatic carbocycles. The highest BCUT2D eigenvalue weighted by molar-refractivity contribution is 5.96. The Balaban J connectivity index is 1.64. The van der Waals surface area contributed by atoms with E-state index in [0.29, 0.717) is 5.56 Å². The number of fused-ring (bicyclic) bond motifs is 1. The Kier molecular flexibility index (Phi) is 3.75. The van der Waals surface area contributed by atoms with Crippen molar-refractivity contribution in [2.75, 3.05) is 0 Å². The van der Waals surface area contributed by atoms with Crippen LogP contribution in [0.25, 0.3) is 0 Å². The lowest BCUT2D eigenvalue weighted by atomic mass is 9.76. The number of hydrogen-bond acceptors (Lipinski definition) is 3. The minimum absolute atomic E-state index is 0.0568. The van der Waals surface area contributed by atoms with E-state index in [9.17, 15) is 14.0 Å². The molecular formula is C20H22FN3O2. The second kappa shape index (κ2) is 5.76. The molecule has 1 N–H and O–H groups in total. The van der Waals surface area contributed by atoms with Crippen molar-refractivity contribution >= 4 is 11.8 Å². The minimum Gasteiger partial charge on any atom is -0.320 e. The first-order chi connectivity index (χ1) is 12.3. The van der Waals surface area contributed by atoms with Crippen molar-refractivity contribution in [1.29, 1.82) is 0 Å². The molecule has 0 spiro atoms. The first kappa shape index (κ1) is 16.9. The van der Waals surface area contributed by atoms with Crippen LogP contribution in [-0.4, -0.2) is 27.7 Å². The first-order valence-electron chi connectivity index (χ1n) is 8.97. The molecule has 4 rings (SSSR count). The highest BCUT2D eigenvalue weighted by Crippen LogP contribution is 2.52. The fourth-order valence-corrected chi connectivity index (χ4v) is 3.85. The number of carbonyl (C=O) groups excluding carboxylic acids is 2. The monoisotopic (exact) mass is 355 g/mol. The largest absolute Gasteiger partial charge is 0.320 e. The minimum atomic E-state index is -0.622. The van der Waals surface area contributed by atoms with Crippen molar-refractivity contribution in [3.05, 3.63) is 52.9 Å². The van der Waals surface area contributed by atoms with Crippen LogP contribution in [0, 0.1) is 18.3 Å². The molecule has 1 aromatic heterocycles. The van der Waals surface area contributed by atoms with Gasteiger partial charge >= 0.3 is 0 Å². The number of halogens is 1. The molecule has 26 heavy (non-hydrogen) atoms. The molecule has 2 heterocycles. The summed E-state index contributed by atoms with van der Waals surface area (Å²) in [5, 5.41) is 2.67. The molecule has 136 valence electrons. The van der Waals surface area contributed by atoms with Crippen LogP contribution in [0.2, 0.25) is 0 Å². The van der Waals surface area contributed by atoms with E-state index >= 15 is 0 Å². The average Bonchev–Trinajstić information content (AvgIpc) is 3.39. The van der Waals surface area contributed by atoms with Crippen molar-refractivity contribution < 1.29 is 14.0 Å². The van der Waals surface area contributed by atoms with Gasteiger partial charge in [0.2, 0.25) is 5.91 Å². The van der Waals surface area contributed by atoms with Gasteiger partial charge in [0.15, 0.2) is 0 Å². The number of nitrogens with zero attached hydrogens (tertiary/aromatic N) is 2. The Morgan fingerprint density at radius 1 is 1.38 bits per heavy atom. The predicted molar refractivity (Wildman–Crippen MR) is 94.4 cm³/mol. The van der Waals surface area contributed by atoms with E-state index in [2.05, 4.69) is 10.3 Å². The number of nitrogens with one attached hydrogen (secondary N) is 1. The summed E-state index contributed by atoms with van der Waals surface area (Å²) in [6.07, 6.45) is 5.31. The lowest BCUT2D eigenvalue weighted by Gasteiger charge is -2.27. The van der Waals surface area contributed by atoms with Gasteiger partial charge in [-0.1, -0.05) is 13.8 Å². The zero-order valence-electron chi connectivity index (χ0n) is 15.2. The third-order valence-corrected chi connectivity index (χ3v) is 5.56. The van der Waals surface area contributed by atoms with E-state index in [-0.39, 0.29) is 41.7 Å². The Morgan fingerprint density at radius 3 is 2.77 bits per heavy atom. The maximum absolute atomic E-state index is 14.7. The van der Waals surface area contributed by atoms with Crippen molar-refractivity contribution in [1.82, 2.24) is 15.2 Å². The summed E-state index contributed by atoms with van der Waals surface area (Å²) in [6, 6.07) is 3.47. The number of allylic oxidation sites excluding steroid dienone is 3. The fourth-order valence-electron chi connectivity index (χ4n) is 3.85. The van der Waals surface area contributed by atoms with Gasteiger partial charge in [0.1, 0.15) is 5.83 Å². The predicted octanol–water partition coefficient (Wildman–Crippen LogP) is 3.24. The first-order valence-corrected chi connectivity index (χ1v) is 8.97. The van der Waals surface area contributed by atoms with E-state index in [1.165, 1.54) is 0 Å². The van der Waals surface area contributed by atoms with Gasteiger partial charge in [-0.3, -0.25) is 14.6 Å². The van der Waals surface area contributed by atoms with E-state index in [1.807, 2.05) is 18.7 Å². The summed E-state index contributed by atoms with van der Waals surface area (Å²) >= 11 is 0. The van der Waals surface area contributed by atoms with Gasteiger partial charge in [-0.25, -0.2) is 4.39 Å². The van der Waals surface area contributed by atoms with E-state index < -0.39 is 5.41 Å². The molecule has 6 heteroatoms. The summed E-state index contributed by atoms with van der Waals surface area (Å²) in [6.45, 7) is 5.56. The molecule has 2 amide bonds. The smallest absolute Gasteiger partial charge is 0.255 e. The van der Waals surface area contributed by atoms with Crippen LogP contribution in [0.1, 0.15) is 49.2 Å². The molecule has 2 aliphatic carbocycles. The molecule has 1 aliphatic heterocycles. The normalized spacial score (nSPS) is 24.5. The summed E-state index contributed by atoms with van der Waals surface area (Å²) in [5.41, 5.74) is 1.53. The molecular weight excluding hydrogens is 333 g/mol. The van der Waals surface area contributed by atoms with Crippen LogP contribution in [0.5, 0.6) is 0 Å². The Labute approximate surface area is 152 Å². The summed E-state index contributed by atoms with van der Waals surface area (Å²) < 4.78 is 14.7. The van der Waals surface area contributed by atoms with Crippen LogP contribution >= 0.6 is 0 Å². The highest BCUT2D eigenvalue weighted by atomic mass is 19.1. The van der Waals surface area contributed by atoms with Crippen LogP contribution in [0.4, 0.5) is 4.39 Å². The number of pyridine rings is 1. The van der Waals surface area contributed by atoms with E-state index in [1.54, 1.807) is 31.3 Å². The van der Waals surface area contributed by atoms with Gasteiger partial charge in [-0.15, -0.1) is 0 Å². The number of aromatic nitrogens is 1. The van der Waals surface area contributed by atoms with Gasteiger partial charge < -0.3 is 10.2 Å². The van der Waals surface area contributed by atoms with Gasteiger partial charge in [0, 0.05) is 41.5 Å².